The van der Waals surface area contributed by atoms with Crippen LogP contribution < -0.4 is 10.2 Å². The van der Waals surface area contributed by atoms with Gasteiger partial charge in [0.05, 0.1) is 4.70 Å². The number of amides is 1. The molecule has 3 fully saturated rings. The molecule has 3 aliphatic rings. The minimum atomic E-state index is -0.0123. The number of aromatic nitrogens is 1. The molecule has 6 heteroatoms. The van der Waals surface area contributed by atoms with Crippen molar-refractivity contribution in [2.24, 2.45) is 5.92 Å². The van der Waals surface area contributed by atoms with Crippen molar-refractivity contribution in [2.45, 2.75) is 32.7 Å². The Balaban J connectivity index is 1.57. The average molecular weight is 359 g/mol. The summed E-state index contributed by atoms with van der Waals surface area (Å²) in [6, 6.07) is 6.61. The number of nitrogens with one attached hydrogen (secondary N) is 1. The maximum atomic E-state index is 12.9. The third kappa shape index (κ3) is 3.13. The third-order valence-corrected chi connectivity index (χ3v) is 6.60. The van der Waals surface area contributed by atoms with Gasteiger partial charge in [-0.05, 0) is 75.4 Å². The van der Waals surface area contributed by atoms with E-state index in [1.165, 1.54) is 37.5 Å². The number of fused-ring (bicyclic) bond motifs is 4. The SMILES string of the molecule is CCN(CC)c1ccc2snc(C(=O)N[C@@H]3CN4CCC3CC4)c2c1. The van der Waals surface area contributed by atoms with E-state index in [0.29, 0.717) is 11.6 Å². The molecule has 1 amide bonds. The molecule has 0 spiro atoms. The summed E-state index contributed by atoms with van der Waals surface area (Å²) in [5.41, 5.74) is 1.75. The molecule has 5 nitrogen and oxygen atoms in total. The number of anilines is 1. The lowest BCUT2D eigenvalue weighted by molar-refractivity contribution is 0.0619. The van der Waals surface area contributed by atoms with Crippen LogP contribution in [0, 0.1) is 5.92 Å². The lowest BCUT2D eigenvalue weighted by atomic mass is 9.84. The maximum absolute atomic E-state index is 12.9. The fourth-order valence-corrected chi connectivity index (χ4v) is 4.99. The molecule has 134 valence electrons. The summed E-state index contributed by atoms with van der Waals surface area (Å²) in [7, 11) is 0. The molecule has 1 aromatic carbocycles. The van der Waals surface area contributed by atoms with E-state index in [2.05, 4.69) is 51.5 Å². The highest BCUT2D eigenvalue weighted by Crippen LogP contribution is 2.30. The molecule has 1 aromatic heterocycles. The Hall–Kier alpha value is -1.66. The fraction of sp³-hybridized carbons (Fsp3) is 0.579. The quantitative estimate of drug-likeness (QED) is 0.893. The molecule has 0 aliphatic carbocycles. The monoisotopic (exact) mass is 358 g/mol. The van der Waals surface area contributed by atoms with E-state index in [1.54, 1.807) is 0 Å². The minimum Gasteiger partial charge on any atom is -0.372 e. The highest BCUT2D eigenvalue weighted by molar-refractivity contribution is 7.13. The van der Waals surface area contributed by atoms with Gasteiger partial charge in [-0.1, -0.05) is 0 Å². The van der Waals surface area contributed by atoms with Gasteiger partial charge < -0.3 is 15.1 Å². The van der Waals surface area contributed by atoms with Gasteiger partial charge in [0.2, 0.25) is 0 Å². The van der Waals surface area contributed by atoms with Crippen molar-refractivity contribution in [3.05, 3.63) is 23.9 Å². The molecule has 0 saturated carbocycles. The van der Waals surface area contributed by atoms with Gasteiger partial charge in [-0.3, -0.25) is 4.79 Å². The molecule has 3 aliphatic heterocycles. The number of nitrogens with zero attached hydrogens (tertiary/aromatic N) is 3. The minimum absolute atomic E-state index is 0.0123. The van der Waals surface area contributed by atoms with Gasteiger partial charge in [0.25, 0.3) is 5.91 Å². The van der Waals surface area contributed by atoms with E-state index >= 15 is 0 Å². The first-order chi connectivity index (χ1) is 12.2. The van der Waals surface area contributed by atoms with Crippen LogP contribution >= 0.6 is 11.5 Å². The predicted molar refractivity (Wildman–Crippen MR) is 104 cm³/mol. The van der Waals surface area contributed by atoms with Crippen LogP contribution in [0.15, 0.2) is 18.2 Å². The van der Waals surface area contributed by atoms with Crippen LogP contribution in [0.2, 0.25) is 0 Å². The fourth-order valence-electron chi connectivity index (χ4n) is 4.24. The molecule has 2 aromatic rings. The van der Waals surface area contributed by atoms with Crippen LogP contribution in [-0.2, 0) is 0 Å². The second kappa shape index (κ2) is 6.92. The molecule has 4 heterocycles. The van der Waals surface area contributed by atoms with Gasteiger partial charge in [0.15, 0.2) is 0 Å². The zero-order valence-corrected chi connectivity index (χ0v) is 15.8. The third-order valence-electron chi connectivity index (χ3n) is 5.77. The normalized spacial score (nSPS) is 25.3. The summed E-state index contributed by atoms with van der Waals surface area (Å²) < 4.78 is 5.55. The van der Waals surface area contributed by atoms with Crippen molar-refractivity contribution in [3.8, 4) is 0 Å². The smallest absolute Gasteiger partial charge is 0.271 e. The molecule has 5 rings (SSSR count). The van der Waals surface area contributed by atoms with Gasteiger partial charge in [-0.15, -0.1) is 0 Å². The van der Waals surface area contributed by atoms with Gasteiger partial charge in [-0.2, -0.15) is 4.37 Å². The Bertz CT molecular complexity index is 762. The van der Waals surface area contributed by atoms with Gasteiger partial charge in [0.1, 0.15) is 5.69 Å². The summed E-state index contributed by atoms with van der Waals surface area (Å²) in [6.07, 6.45) is 2.41. The Morgan fingerprint density at radius 3 is 2.72 bits per heavy atom. The summed E-state index contributed by atoms with van der Waals surface area (Å²) in [4.78, 5) is 17.6. The molecule has 0 unspecified atom stereocenters. The van der Waals surface area contributed by atoms with E-state index in [9.17, 15) is 4.79 Å². The Morgan fingerprint density at radius 1 is 1.32 bits per heavy atom. The Morgan fingerprint density at radius 2 is 2.08 bits per heavy atom. The first-order valence-electron chi connectivity index (χ1n) is 9.37. The van der Waals surface area contributed by atoms with E-state index < -0.39 is 0 Å². The second-order valence-electron chi connectivity index (χ2n) is 7.10. The highest BCUT2D eigenvalue weighted by Gasteiger charge is 2.35. The molecular weight excluding hydrogens is 332 g/mol. The van der Waals surface area contributed by atoms with Crippen molar-refractivity contribution in [1.82, 2.24) is 14.6 Å². The maximum Gasteiger partial charge on any atom is 0.271 e. The number of carbonyl (C=O) groups excluding carboxylic acids is 1. The molecule has 2 bridgehead atoms. The zero-order chi connectivity index (χ0) is 17.4. The Kier molecular flexibility index (Phi) is 4.65. The molecular formula is C19H26N4OS. The van der Waals surface area contributed by atoms with E-state index in [1.807, 2.05) is 0 Å². The summed E-state index contributed by atoms with van der Waals surface area (Å²) in [5.74, 6) is 0.617. The van der Waals surface area contributed by atoms with Crippen LogP contribution in [0.5, 0.6) is 0 Å². The number of carbonyl (C=O) groups is 1. The summed E-state index contributed by atoms with van der Waals surface area (Å²) >= 11 is 1.42. The molecule has 1 atom stereocenters. The molecule has 25 heavy (non-hydrogen) atoms. The molecule has 3 saturated heterocycles. The number of hydrogen-bond acceptors (Lipinski definition) is 5. The molecule has 0 radical (unpaired) electrons. The number of rotatable bonds is 5. The van der Waals surface area contributed by atoms with Crippen LogP contribution in [0.1, 0.15) is 37.2 Å². The summed E-state index contributed by atoms with van der Waals surface area (Å²) in [5, 5.41) is 4.25. The second-order valence-corrected chi connectivity index (χ2v) is 7.91. The first-order valence-corrected chi connectivity index (χ1v) is 10.1. The first kappa shape index (κ1) is 16.8. The largest absolute Gasteiger partial charge is 0.372 e. The lowest BCUT2D eigenvalue weighted by Crippen LogP contribution is -2.57. The van der Waals surface area contributed by atoms with E-state index in [0.717, 1.165) is 35.4 Å². The van der Waals surface area contributed by atoms with E-state index in [-0.39, 0.29) is 11.9 Å². The summed E-state index contributed by atoms with van der Waals surface area (Å²) in [6.45, 7) is 9.58. The van der Waals surface area contributed by atoms with Crippen molar-refractivity contribution in [1.29, 1.82) is 0 Å². The van der Waals surface area contributed by atoms with Gasteiger partial charge in [-0.25, -0.2) is 0 Å². The standard InChI is InChI=1S/C19H26N4OS/c1-3-23(4-2)14-5-6-17-15(11-14)18(21-25-17)19(24)20-16-12-22-9-7-13(16)8-10-22/h5-6,11,13,16H,3-4,7-10,12H2,1-2H3,(H,20,24)/t16-/m1/s1. The lowest BCUT2D eigenvalue weighted by Gasteiger charge is -2.44. The number of benzene rings is 1. The van der Waals surface area contributed by atoms with Crippen LogP contribution in [-0.4, -0.2) is 53.9 Å². The van der Waals surface area contributed by atoms with Crippen molar-refractivity contribution >= 4 is 33.2 Å². The predicted octanol–water partition coefficient (Wildman–Crippen LogP) is 2.97. The van der Waals surface area contributed by atoms with Gasteiger partial charge in [0, 0.05) is 36.7 Å². The molecule has 1 N–H and O–H groups in total. The zero-order valence-electron chi connectivity index (χ0n) is 15.0. The van der Waals surface area contributed by atoms with Gasteiger partial charge >= 0.3 is 0 Å². The van der Waals surface area contributed by atoms with Crippen molar-refractivity contribution in [2.75, 3.05) is 37.6 Å². The van der Waals surface area contributed by atoms with Crippen LogP contribution in [0.25, 0.3) is 10.1 Å². The van der Waals surface area contributed by atoms with Crippen molar-refractivity contribution in [3.63, 3.8) is 0 Å². The van der Waals surface area contributed by atoms with E-state index in [4.69, 9.17) is 0 Å². The highest BCUT2D eigenvalue weighted by atomic mass is 32.1. The average Bonchev–Trinajstić information content (AvgIpc) is 3.07. The number of hydrogen-bond donors (Lipinski definition) is 1. The topological polar surface area (TPSA) is 48.5 Å². The van der Waals surface area contributed by atoms with Crippen molar-refractivity contribution < 1.29 is 4.79 Å². The Labute approximate surface area is 153 Å². The van der Waals surface area contributed by atoms with Crippen LogP contribution in [0.4, 0.5) is 5.69 Å². The van der Waals surface area contributed by atoms with Crippen LogP contribution in [0.3, 0.4) is 0 Å². The number of piperidine rings is 3.